The third kappa shape index (κ3) is 5.15. The van der Waals surface area contributed by atoms with Crippen molar-refractivity contribution in [3.05, 3.63) is 86.8 Å². The van der Waals surface area contributed by atoms with Crippen LogP contribution in [0, 0.1) is 31.4 Å². The normalized spacial score (nSPS) is 13.3. The lowest BCUT2D eigenvalue weighted by Crippen LogP contribution is -2.53. The second kappa shape index (κ2) is 10.4. The van der Waals surface area contributed by atoms with Gasteiger partial charge in [0.1, 0.15) is 28.9 Å². The largest absolute Gasteiger partial charge is 0.485 e. The summed E-state index contributed by atoms with van der Waals surface area (Å²) in [5.74, 6) is -1.79. The van der Waals surface area contributed by atoms with Gasteiger partial charge in [0.25, 0.3) is 5.56 Å². The van der Waals surface area contributed by atoms with Crippen molar-refractivity contribution < 1.29 is 18.3 Å². The van der Waals surface area contributed by atoms with E-state index in [1.54, 1.807) is 44.4 Å². The van der Waals surface area contributed by atoms with Crippen molar-refractivity contribution in [2.75, 3.05) is 18.0 Å². The summed E-state index contributed by atoms with van der Waals surface area (Å²) in [5.41, 5.74) is 7.41. The Morgan fingerprint density at radius 2 is 1.90 bits per heavy atom. The van der Waals surface area contributed by atoms with E-state index in [1.165, 1.54) is 4.57 Å². The Morgan fingerprint density at radius 3 is 2.62 bits per heavy atom. The second-order valence-corrected chi connectivity index (χ2v) is 9.46. The highest BCUT2D eigenvalue weighted by atomic mass is 35.5. The summed E-state index contributed by atoms with van der Waals surface area (Å²) in [5, 5.41) is -0.216. The molecule has 1 amide bonds. The molecule has 0 unspecified atom stereocenters. The van der Waals surface area contributed by atoms with Crippen LogP contribution < -0.4 is 20.9 Å². The van der Waals surface area contributed by atoms with E-state index in [0.29, 0.717) is 53.4 Å². The summed E-state index contributed by atoms with van der Waals surface area (Å²) in [4.78, 5) is 43.5. The zero-order valence-electron chi connectivity index (χ0n) is 20.9. The summed E-state index contributed by atoms with van der Waals surface area (Å²) in [7, 11) is 0. The summed E-state index contributed by atoms with van der Waals surface area (Å²) < 4.78 is 34.1. The molecule has 1 fully saturated rings. The van der Waals surface area contributed by atoms with E-state index >= 15 is 0 Å². The highest BCUT2D eigenvalue weighted by Gasteiger charge is 2.32. The maximum absolute atomic E-state index is 13.9. The number of hydrogen-bond acceptors (Lipinski definition) is 8. The molecule has 1 aliphatic heterocycles. The molecule has 0 bridgehead atoms. The molecule has 2 N–H and O–H groups in total. The maximum Gasteiger partial charge on any atom is 0.277 e. The minimum absolute atomic E-state index is 0.0390. The van der Waals surface area contributed by atoms with Crippen LogP contribution in [0.1, 0.15) is 17.0 Å². The lowest BCUT2D eigenvalue weighted by molar-refractivity contribution is -0.122. The van der Waals surface area contributed by atoms with Crippen molar-refractivity contribution in [3.8, 4) is 22.8 Å². The molecule has 1 saturated heterocycles. The first-order chi connectivity index (χ1) is 18.6. The van der Waals surface area contributed by atoms with Gasteiger partial charge in [-0.05, 0) is 31.5 Å². The number of anilines is 1. The number of ether oxygens (including phenoxy) is 1. The van der Waals surface area contributed by atoms with E-state index in [1.807, 2.05) is 4.90 Å². The van der Waals surface area contributed by atoms with Crippen LogP contribution in [-0.2, 0) is 11.4 Å². The first kappa shape index (κ1) is 26.2. The predicted octanol–water partition coefficient (Wildman–Crippen LogP) is 3.13. The molecule has 200 valence electrons. The Kier molecular flexibility index (Phi) is 6.96. The van der Waals surface area contributed by atoms with Crippen LogP contribution in [0.25, 0.3) is 17.1 Å². The van der Waals surface area contributed by atoms with Gasteiger partial charge < -0.3 is 15.4 Å². The molecule has 4 aromatic heterocycles. The van der Waals surface area contributed by atoms with Crippen LogP contribution in [0.15, 0.2) is 47.7 Å². The molecular weight excluding hydrogens is 532 g/mol. The van der Waals surface area contributed by atoms with E-state index in [9.17, 15) is 18.4 Å². The van der Waals surface area contributed by atoms with Crippen LogP contribution in [0.2, 0.25) is 5.02 Å². The number of primary amides is 1. The number of nitrogens with two attached hydrogens (primary N) is 1. The monoisotopic (exact) mass is 553 g/mol. The lowest BCUT2D eigenvalue weighted by Gasteiger charge is -2.37. The van der Waals surface area contributed by atoms with Gasteiger partial charge in [-0.2, -0.15) is 0 Å². The maximum atomic E-state index is 13.9. The van der Waals surface area contributed by atoms with Gasteiger partial charge in [-0.3, -0.25) is 24.1 Å². The number of carbonyl (C=O) groups excluding carboxylic acids is 1. The summed E-state index contributed by atoms with van der Waals surface area (Å²) >= 11 is 6.37. The Labute approximate surface area is 226 Å². The number of aromatic nitrogens is 5. The van der Waals surface area contributed by atoms with Gasteiger partial charge in [-0.1, -0.05) is 11.6 Å². The van der Waals surface area contributed by atoms with E-state index < -0.39 is 17.2 Å². The Bertz CT molecular complexity index is 1660. The minimum atomic E-state index is -0.870. The zero-order valence-corrected chi connectivity index (χ0v) is 21.6. The average molecular weight is 554 g/mol. The molecule has 39 heavy (non-hydrogen) atoms. The number of hydrogen-bond donors (Lipinski definition) is 1. The Hall–Kier alpha value is -4.45. The number of aryl methyl sites for hydroxylation is 2. The molecule has 0 aromatic carbocycles. The van der Waals surface area contributed by atoms with Gasteiger partial charge in [0.15, 0.2) is 5.82 Å². The van der Waals surface area contributed by atoms with Gasteiger partial charge >= 0.3 is 0 Å². The standard InChI is InChI=1S/C26H22ClF2N7O3/c1-13-8-32-19(18-3-4-31-26(34-18)35-10-15(11-35)24(30)37)7-21(13)36-14(2)5-22(23(27)25(36)38)39-12-20-17(29)6-16(28)9-33-20/h3-9,15H,10-12H2,1-2H3,(H2,30,37). The van der Waals surface area contributed by atoms with Crippen molar-refractivity contribution in [3.63, 3.8) is 0 Å². The third-order valence-electron chi connectivity index (χ3n) is 6.34. The minimum Gasteiger partial charge on any atom is -0.485 e. The summed E-state index contributed by atoms with van der Waals surface area (Å²) in [6.45, 7) is 4.03. The molecule has 0 saturated carbocycles. The second-order valence-electron chi connectivity index (χ2n) is 9.08. The molecule has 0 spiro atoms. The van der Waals surface area contributed by atoms with E-state index in [-0.39, 0.29) is 34.9 Å². The fourth-order valence-corrected chi connectivity index (χ4v) is 4.33. The van der Waals surface area contributed by atoms with E-state index in [4.69, 9.17) is 22.1 Å². The van der Waals surface area contributed by atoms with Crippen LogP contribution in [0.4, 0.5) is 14.7 Å². The molecular formula is C26H22ClF2N7O3. The topological polar surface area (TPSA) is 129 Å². The molecule has 0 radical (unpaired) electrons. The molecule has 13 heteroatoms. The van der Waals surface area contributed by atoms with Crippen molar-refractivity contribution in [2.24, 2.45) is 11.7 Å². The highest BCUT2D eigenvalue weighted by molar-refractivity contribution is 6.31. The van der Waals surface area contributed by atoms with Crippen molar-refractivity contribution in [1.29, 1.82) is 0 Å². The van der Waals surface area contributed by atoms with Crippen LogP contribution in [-0.4, -0.2) is 43.5 Å². The summed E-state index contributed by atoms with van der Waals surface area (Å²) in [6, 6.07) is 5.65. The van der Waals surface area contributed by atoms with E-state index in [2.05, 4.69) is 19.9 Å². The van der Waals surface area contributed by atoms with Crippen molar-refractivity contribution in [1.82, 2.24) is 24.5 Å². The predicted molar refractivity (Wildman–Crippen MR) is 139 cm³/mol. The molecule has 5 rings (SSSR count). The van der Waals surface area contributed by atoms with Gasteiger partial charge in [-0.15, -0.1) is 0 Å². The molecule has 1 aliphatic rings. The molecule has 0 aliphatic carbocycles. The number of amides is 1. The van der Waals surface area contributed by atoms with Gasteiger partial charge in [0.2, 0.25) is 11.9 Å². The fraction of sp³-hybridized carbons (Fsp3) is 0.231. The molecule has 10 nitrogen and oxygen atoms in total. The number of carbonyl (C=O) groups is 1. The molecule has 5 heterocycles. The van der Waals surface area contributed by atoms with Gasteiger partial charge in [-0.25, -0.2) is 18.7 Å². The molecule has 4 aromatic rings. The number of pyridine rings is 3. The van der Waals surface area contributed by atoms with Crippen LogP contribution >= 0.6 is 11.6 Å². The zero-order chi connectivity index (χ0) is 27.8. The van der Waals surface area contributed by atoms with Gasteiger partial charge in [0, 0.05) is 43.3 Å². The molecule has 0 atom stereocenters. The summed E-state index contributed by atoms with van der Waals surface area (Å²) in [6.07, 6.45) is 4.08. The Balaban J connectivity index is 1.44. The van der Waals surface area contributed by atoms with Gasteiger partial charge in [0.05, 0.1) is 29.2 Å². The van der Waals surface area contributed by atoms with Crippen molar-refractivity contribution in [2.45, 2.75) is 20.5 Å². The fourth-order valence-electron chi connectivity index (χ4n) is 4.14. The SMILES string of the molecule is Cc1cnc(-c2ccnc(N3CC(C(N)=O)C3)n2)cc1-n1c(C)cc(OCc2ncc(F)cc2F)c(Cl)c1=O. The smallest absolute Gasteiger partial charge is 0.277 e. The first-order valence-corrected chi connectivity index (χ1v) is 12.2. The highest BCUT2D eigenvalue weighted by Crippen LogP contribution is 2.28. The number of rotatable bonds is 7. The van der Waals surface area contributed by atoms with Crippen LogP contribution in [0.3, 0.4) is 0 Å². The van der Waals surface area contributed by atoms with Crippen molar-refractivity contribution >= 4 is 23.5 Å². The number of nitrogens with zero attached hydrogens (tertiary/aromatic N) is 6. The first-order valence-electron chi connectivity index (χ1n) is 11.8. The average Bonchev–Trinajstić information content (AvgIpc) is 2.86. The van der Waals surface area contributed by atoms with Crippen LogP contribution in [0.5, 0.6) is 5.75 Å². The number of halogens is 3. The third-order valence-corrected chi connectivity index (χ3v) is 6.68. The Morgan fingerprint density at radius 1 is 1.13 bits per heavy atom. The quantitative estimate of drug-likeness (QED) is 0.369. The lowest BCUT2D eigenvalue weighted by atomic mass is 10.0. The van der Waals surface area contributed by atoms with E-state index in [0.717, 1.165) is 6.20 Å².